The van der Waals surface area contributed by atoms with Gasteiger partial charge in [-0.15, -0.1) is 0 Å². The molecule has 1 amide bonds. The van der Waals surface area contributed by atoms with E-state index in [0.29, 0.717) is 16.8 Å². The minimum absolute atomic E-state index is 0.154. The highest BCUT2D eigenvalue weighted by Gasteiger charge is 2.08. The molecule has 1 aromatic heterocycles. The van der Waals surface area contributed by atoms with Crippen LogP contribution in [0.4, 0.5) is 5.69 Å². The fourth-order valence-electron chi connectivity index (χ4n) is 1.59. The molecule has 0 radical (unpaired) electrons. The Bertz CT molecular complexity index is 636. The van der Waals surface area contributed by atoms with Crippen LogP contribution in [0.1, 0.15) is 21.5 Å². The highest BCUT2D eigenvalue weighted by atomic mass is 32.1. The highest BCUT2D eigenvalue weighted by Crippen LogP contribution is 2.18. The van der Waals surface area contributed by atoms with Gasteiger partial charge in [0.15, 0.2) is 0 Å². The van der Waals surface area contributed by atoms with Gasteiger partial charge in [0, 0.05) is 10.9 Å². The largest absolute Gasteiger partial charge is 0.384 e. The molecule has 0 fully saturated rings. The first-order chi connectivity index (χ1) is 9.20. The van der Waals surface area contributed by atoms with Crippen LogP contribution in [-0.4, -0.2) is 17.6 Å². The topological polar surface area (TPSA) is 49.3 Å². The molecule has 0 bridgehead atoms. The van der Waals surface area contributed by atoms with Crippen molar-refractivity contribution in [2.75, 3.05) is 11.9 Å². The van der Waals surface area contributed by atoms with E-state index >= 15 is 0 Å². The zero-order chi connectivity index (χ0) is 13.7. The maximum absolute atomic E-state index is 12.0. The van der Waals surface area contributed by atoms with Crippen LogP contribution in [-0.2, 0) is 0 Å². The number of carbonyl (C=O) groups excluding carboxylic acids is 1. The smallest absolute Gasteiger partial charge is 0.256 e. The van der Waals surface area contributed by atoms with Crippen LogP contribution in [0, 0.1) is 18.8 Å². The van der Waals surface area contributed by atoms with Crippen molar-refractivity contribution in [2.45, 2.75) is 6.92 Å². The number of carbonyl (C=O) groups is 1. The van der Waals surface area contributed by atoms with E-state index in [1.807, 2.05) is 30.5 Å². The highest BCUT2D eigenvalue weighted by molar-refractivity contribution is 7.08. The molecule has 0 aliphatic carbocycles. The Morgan fingerprint density at radius 2 is 2.26 bits per heavy atom. The molecule has 0 aliphatic rings. The van der Waals surface area contributed by atoms with Gasteiger partial charge in [-0.25, -0.2) is 0 Å². The van der Waals surface area contributed by atoms with Crippen molar-refractivity contribution in [2.24, 2.45) is 0 Å². The summed E-state index contributed by atoms with van der Waals surface area (Å²) >= 11 is 1.48. The minimum atomic E-state index is -0.203. The van der Waals surface area contributed by atoms with Crippen molar-refractivity contribution in [3.63, 3.8) is 0 Å². The van der Waals surface area contributed by atoms with Crippen molar-refractivity contribution in [3.8, 4) is 11.8 Å². The zero-order valence-corrected chi connectivity index (χ0v) is 11.3. The predicted molar refractivity (Wildman–Crippen MR) is 77.4 cm³/mol. The summed E-state index contributed by atoms with van der Waals surface area (Å²) in [5, 5.41) is 15.2. The fourth-order valence-corrected chi connectivity index (χ4v) is 2.23. The molecule has 2 aromatic rings. The second kappa shape index (κ2) is 6.19. The van der Waals surface area contributed by atoms with Gasteiger partial charge in [0.25, 0.3) is 5.91 Å². The number of hydrogen-bond donors (Lipinski definition) is 2. The lowest BCUT2D eigenvalue weighted by molar-refractivity contribution is 0.102. The lowest BCUT2D eigenvalue weighted by Crippen LogP contribution is -2.12. The van der Waals surface area contributed by atoms with Gasteiger partial charge >= 0.3 is 0 Å². The van der Waals surface area contributed by atoms with Crippen molar-refractivity contribution < 1.29 is 9.90 Å². The first-order valence-corrected chi connectivity index (χ1v) is 6.69. The molecule has 19 heavy (non-hydrogen) atoms. The number of nitrogens with one attached hydrogen (secondary N) is 1. The molecular weight excluding hydrogens is 258 g/mol. The number of rotatable bonds is 2. The molecule has 0 spiro atoms. The fraction of sp³-hybridized carbons (Fsp3) is 0.133. The Hall–Kier alpha value is -2.09. The molecule has 0 atom stereocenters. The van der Waals surface area contributed by atoms with Crippen LogP contribution in [0.25, 0.3) is 0 Å². The van der Waals surface area contributed by atoms with Crippen LogP contribution in [0.2, 0.25) is 0 Å². The Morgan fingerprint density at radius 3 is 2.95 bits per heavy atom. The molecule has 0 aliphatic heterocycles. The van der Waals surface area contributed by atoms with Crippen molar-refractivity contribution in [3.05, 3.63) is 51.7 Å². The predicted octanol–water partition coefficient (Wildman–Crippen LogP) is 2.65. The first kappa shape index (κ1) is 13.3. The van der Waals surface area contributed by atoms with E-state index in [1.165, 1.54) is 11.3 Å². The molecule has 0 saturated heterocycles. The van der Waals surface area contributed by atoms with Gasteiger partial charge < -0.3 is 10.4 Å². The summed E-state index contributed by atoms with van der Waals surface area (Å²) in [6, 6.07) is 7.39. The van der Waals surface area contributed by atoms with E-state index in [0.717, 1.165) is 5.56 Å². The van der Waals surface area contributed by atoms with Crippen LogP contribution >= 0.6 is 11.3 Å². The summed E-state index contributed by atoms with van der Waals surface area (Å²) in [6.45, 7) is 1.75. The first-order valence-electron chi connectivity index (χ1n) is 5.74. The van der Waals surface area contributed by atoms with Crippen LogP contribution in [0.15, 0.2) is 35.0 Å². The van der Waals surface area contributed by atoms with Crippen molar-refractivity contribution in [1.29, 1.82) is 0 Å². The second-order valence-electron chi connectivity index (χ2n) is 3.98. The number of aryl methyl sites for hydroxylation is 1. The Morgan fingerprint density at radius 1 is 1.42 bits per heavy atom. The van der Waals surface area contributed by atoms with Crippen molar-refractivity contribution >= 4 is 22.9 Å². The summed E-state index contributed by atoms with van der Waals surface area (Å²) < 4.78 is 0. The van der Waals surface area contributed by atoms with Gasteiger partial charge in [-0.1, -0.05) is 17.9 Å². The van der Waals surface area contributed by atoms with Gasteiger partial charge in [0.2, 0.25) is 0 Å². The third-order valence-electron chi connectivity index (χ3n) is 2.51. The zero-order valence-electron chi connectivity index (χ0n) is 10.4. The number of aliphatic hydroxyl groups is 1. The third-order valence-corrected chi connectivity index (χ3v) is 3.19. The molecule has 1 heterocycles. The number of amides is 1. The maximum atomic E-state index is 12.0. The van der Waals surface area contributed by atoms with Crippen LogP contribution in [0.5, 0.6) is 0 Å². The summed E-state index contributed by atoms with van der Waals surface area (Å²) in [5.41, 5.74) is 3.03. The van der Waals surface area contributed by atoms with E-state index in [1.54, 1.807) is 11.4 Å². The van der Waals surface area contributed by atoms with Crippen LogP contribution < -0.4 is 5.32 Å². The van der Waals surface area contributed by atoms with Gasteiger partial charge in [-0.05, 0) is 36.1 Å². The molecule has 96 valence electrons. The second-order valence-corrected chi connectivity index (χ2v) is 4.76. The van der Waals surface area contributed by atoms with Gasteiger partial charge in [0.05, 0.1) is 11.3 Å². The summed E-state index contributed by atoms with van der Waals surface area (Å²) in [5.74, 6) is 5.26. The molecule has 0 unspecified atom stereocenters. The summed E-state index contributed by atoms with van der Waals surface area (Å²) in [6.07, 6.45) is 0. The molecule has 2 rings (SSSR count). The van der Waals surface area contributed by atoms with E-state index in [9.17, 15) is 4.79 Å². The average molecular weight is 271 g/mol. The molecule has 1 aromatic carbocycles. The Balaban J connectivity index is 2.28. The van der Waals surface area contributed by atoms with Gasteiger partial charge in [-0.2, -0.15) is 11.3 Å². The van der Waals surface area contributed by atoms with E-state index in [2.05, 4.69) is 17.2 Å². The Labute approximate surface area is 115 Å². The third kappa shape index (κ3) is 3.44. The van der Waals surface area contributed by atoms with Crippen LogP contribution in [0.3, 0.4) is 0 Å². The average Bonchev–Trinajstić information content (AvgIpc) is 2.92. The minimum Gasteiger partial charge on any atom is -0.384 e. The number of thiophene rings is 1. The summed E-state index contributed by atoms with van der Waals surface area (Å²) in [4.78, 5) is 12.0. The molecule has 4 heteroatoms. The lowest BCUT2D eigenvalue weighted by atomic mass is 10.1. The van der Waals surface area contributed by atoms with Gasteiger partial charge in [-0.3, -0.25) is 4.79 Å². The molecular formula is C15H13NO2S. The summed E-state index contributed by atoms with van der Waals surface area (Å²) in [7, 11) is 0. The van der Waals surface area contributed by atoms with Gasteiger partial charge in [0.1, 0.15) is 6.61 Å². The number of benzene rings is 1. The van der Waals surface area contributed by atoms with Crippen molar-refractivity contribution in [1.82, 2.24) is 0 Å². The standard InChI is InChI=1S/C15H13NO2S/c1-11-4-5-12(3-2-7-17)14(9-11)16-15(18)13-6-8-19-10-13/h4-6,8-10,17H,7H2,1H3,(H,16,18). The monoisotopic (exact) mass is 271 g/mol. The number of hydrogen-bond acceptors (Lipinski definition) is 3. The SMILES string of the molecule is Cc1ccc(C#CCO)c(NC(=O)c2ccsc2)c1. The normalized spacial score (nSPS) is 9.58. The lowest BCUT2D eigenvalue weighted by Gasteiger charge is -2.07. The van der Waals surface area contributed by atoms with E-state index in [-0.39, 0.29) is 12.5 Å². The molecule has 2 N–H and O–H groups in total. The van der Waals surface area contributed by atoms with E-state index < -0.39 is 0 Å². The molecule has 0 saturated carbocycles. The quantitative estimate of drug-likeness (QED) is 0.825. The Kier molecular flexibility index (Phi) is 4.35. The molecule has 3 nitrogen and oxygen atoms in total. The van der Waals surface area contributed by atoms with E-state index in [4.69, 9.17) is 5.11 Å². The maximum Gasteiger partial charge on any atom is 0.256 e. The number of aliphatic hydroxyl groups excluding tert-OH is 1. The number of anilines is 1.